The van der Waals surface area contributed by atoms with Gasteiger partial charge in [0.25, 0.3) is 0 Å². The monoisotopic (exact) mass is 918 g/mol. The average molecular weight is 918 g/mol. The number of carbonyl (C=O) groups is 1. The minimum absolute atomic E-state index is 0.265. The number of allylic oxidation sites excluding steroid dienone is 3. The van der Waals surface area contributed by atoms with Crippen LogP contribution in [-0.2, 0) is 28.9 Å². The molecule has 0 aromatic carbocycles. The van der Waals surface area contributed by atoms with Gasteiger partial charge in [-0.2, -0.15) is 8.42 Å². The van der Waals surface area contributed by atoms with Gasteiger partial charge in [-0.15, -0.1) is 0 Å². The van der Waals surface area contributed by atoms with Gasteiger partial charge in [-0.25, -0.2) is 4.18 Å². The lowest BCUT2D eigenvalue weighted by Crippen LogP contribution is -2.61. The molecule has 63 heavy (non-hydrogen) atoms. The Kier molecular flexibility index (Phi) is 38.6. The zero-order chi connectivity index (χ0) is 46.2. The Hall–Kier alpha value is -1.42. The predicted octanol–water partition coefficient (Wildman–Crippen LogP) is 10.9. The third kappa shape index (κ3) is 33.7. The molecule has 0 aromatic rings. The van der Waals surface area contributed by atoms with E-state index in [-0.39, 0.29) is 18.9 Å². The van der Waals surface area contributed by atoms with Crippen LogP contribution in [0.25, 0.3) is 0 Å². The first kappa shape index (κ1) is 59.6. The Balaban J connectivity index is 2.41. The van der Waals surface area contributed by atoms with Crippen LogP contribution in [0.2, 0.25) is 0 Å². The molecule has 1 fully saturated rings. The first-order chi connectivity index (χ1) is 30.5. The van der Waals surface area contributed by atoms with Crippen molar-refractivity contribution in [1.82, 2.24) is 5.32 Å². The van der Waals surface area contributed by atoms with Crippen molar-refractivity contribution in [1.29, 1.82) is 0 Å². The molecule has 6 N–H and O–H groups in total. The minimum Gasteiger partial charge on any atom is -0.394 e. The van der Waals surface area contributed by atoms with Crippen LogP contribution >= 0.6 is 0 Å². The third-order valence-corrected chi connectivity index (χ3v) is 12.7. The highest BCUT2D eigenvalue weighted by molar-refractivity contribution is 7.80. The van der Waals surface area contributed by atoms with Crippen molar-refractivity contribution in [3.8, 4) is 0 Å². The summed E-state index contributed by atoms with van der Waals surface area (Å²) in [5.74, 6) is -0.266. The normalized spacial score (nSPS) is 20.5. The molecule has 1 heterocycles. The van der Waals surface area contributed by atoms with Crippen molar-refractivity contribution in [2.24, 2.45) is 0 Å². The summed E-state index contributed by atoms with van der Waals surface area (Å²) in [4.78, 5) is 13.1. The summed E-state index contributed by atoms with van der Waals surface area (Å²) < 4.78 is 47.6. The van der Waals surface area contributed by atoms with Crippen molar-refractivity contribution >= 4 is 16.3 Å². The summed E-state index contributed by atoms with van der Waals surface area (Å²) >= 11 is 0. The van der Waals surface area contributed by atoms with E-state index in [4.69, 9.17) is 9.47 Å². The number of unbranched alkanes of at least 4 members (excludes halogenated alkanes) is 30. The van der Waals surface area contributed by atoms with Gasteiger partial charge in [-0.05, 0) is 44.9 Å². The van der Waals surface area contributed by atoms with Gasteiger partial charge in [-0.3, -0.25) is 9.35 Å². The minimum atomic E-state index is -5.08. The van der Waals surface area contributed by atoms with Gasteiger partial charge in [-0.1, -0.05) is 205 Å². The summed E-state index contributed by atoms with van der Waals surface area (Å²) in [6.45, 7) is 3.39. The maximum Gasteiger partial charge on any atom is 0.397 e. The molecule has 0 bridgehead atoms. The van der Waals surface area contributed by atoms with E-state index in [9.17, 15) is 38.2 Å². The highest BCUT2D eigenvalue weighted by Gasteiger charge is 2.48. The van der Waals surface area contributed by atoms with Gasteiger partial charge >= 0.3 is 10.4 Å². The summed E-state index contributed by atoms with van der Waals surface area (Å²) in [5.41, 5.74) is 0. The van der Waals surface area contributed by atoms with E-state index >= 15 is 0 Å². The lowest BCUT2D eigenvalue weighted by atomic mass is 9.99. The Morgan fingerprint density at radius 1 is 0.619 bits per heavy atom. The van der Waals surface area contributed by atoms with E-state index < -0.39 is 59.9 Å². The smallest absolute Gasteiger partial charge is 0.394 e. The standard InChI is InChI=1S/C50H95NO11S/c1-3-5-7-9-11-13-15-17-18-19-20-21-22-23-24-25-26-28-30-32-34-36-38-40-46(54)51-43(44(53)39-37-35-33-31-29-27-16-14-12-10-8-6-4-2)42-60-50-48(56)49(62-63(57,58)59)47(55)45(41-52)61-50/h23-24,37,39,43-45,47-50,52-53,55-56H,3-22,25-36,38,40-42H2,1-2H3,(H,51,54)(H,57,58,59)/b24-23-,39-37+. The van der Waals surface area contributed by atoms with Crippen molar-refractivity contribution < 1.29 is 51.8 Å². The maximum absolute atomic E-state index is 13.1. The fourth-order valence-corrected chi connectivity index (χ4v) is 8.72. The zero-order valence-electron chi connectivity index (χ0n) is 39.9. The van der Waals surface area contributed by atoms with Crippen molar-refractivity contribution in [2.45, 2.75) is 275 Å². The summed E-state index contributed by atoms with van der Waals surface area (Å²) in [5, 5.41) is 44.8. The molecule has 0 saturated carbocycles. The van der Waals surface area contributed by atoms with Crippen LogP contribution in [0.1, 0.15) is 232 Å². The van der Waals surface area contributed by atoms with E-state index in [1.54, 1.807) is 6.08 Å². The van der Waals surface area contributed by atoms with Crippen LogP contribution in [0.4, 0.5) is 0 Å². The Morgan fingerprint density at radius 3 is 1.43 bits per heavy atom. The molecular formula is C50H95NO11S. The lowest BCUT2D eigenvalue weighted by Gasteiger charge is -2.41. The van der Waals surface area contributed by atoms with Gasteiger partial charge in [0.2, 0.25) is 5.91 Å². The predicted molar refractivity (Wildman–Crippen MR) is 255 cm³/mol. The van der Waals surface area contributed by atoms with Crippen LogP contribution in [-0.4, -0.2) is 95.4 Å². The summed E-state index contributed by atoms with van der Waals surface area (Å²) in [7, 11) is -5.08. The van der Waals surface area contributed by atoms with E-state index in [2.05, 4.69) is 35.5 Å². The number of aliphatic hydroxyl groups excluding tert-OH is 4. The second-order valence-corrected chi connectivity index (χ2v) is 19.2. The SMILES string of the molecule is CCCCCCCCCCCCC/C=C/C(O)C(COC1OC(CO)C(O)C(OS(=O)(=O)O)C1O)NC(=O)CCCCCCCCC/C=C\CCCCCCCCCCCCCC. The molecule has 0 radical (unpaired) electrons. The number of hydrogen-bond acceptors (Lipinski definition) is 10. The number of ether oxygens (including phenoxy) is 2. The molecule has 372 valence electrons. The largest absolute Gasteiger partial charge is 0.397 e. The van der Waals surface area contributed by atoms with E-state index in [0.29, 0.717) is 6.42 Å². The van der Waals surface area contributed by atoms with Gasteiger partial charge in [0, 0.05) is 6.42 Å². The van der Waals surface area contributed by atoms with Crippen LogP contribution in [0.15, 0.2) is 24.3 Å². The highest BCUT2D eigenvalue weighted by atomic mass is 32.3. The molecule has 7 atom stereocenters. The lowest BCUT2D eigenvalue weighted by molar-refractivity contribution is -0.298. The molecule has 0 aliphatic carbocycles. The maximum atomic E-state index is 13.1. The number of carbonyl (C=O) groups excluding carboxylic acids is 1. The van der Waals surface area contributed by atoms with Gasteiger partial charge in [0.15, 0.2) is 6.29 Å². The van der Waals surface area contributed by atoms with Crippen LogP contribution in [0.5, 0.6) is 0 Å². The molecule has 13 heteroatoms. The molecule has 1 aliphatic heterocycles. The fourth-order valence-electron chi connectivity index (χ4n) is 8.21. The number of nitrogens with one attached hydrogen (secondary N) is 1. The second kappa shape index (κ2) is 40.8. The molecule has 0 spiro atoms. The van der Waals surface area contributed by atoms with Crippen LogP contribution in [0, 0.1) is 0 Å². The van der Waals surface area contributed by atoms with Crippen molar-refractivity contribution in [2.75, 3.05) is 13.2 Å². The molecule has 1 amide bonds. The summed E-state index contributed by atoms with van der Waals surface area (Å²) in [6.07, 6.45) is 39.4. The van der Waals surface area contributed by atoms with Crippen LogP contribution < -0.4 is 5.32 Å². The molecule has 0 aromatic heterocycles. The molecule has 1 rings (SSSR count). The van der Waals surface area contributed by atoms with E-state index in [1.807, 2.05) is 6.08 Å². The Bertz CT molecular complexity index is 1220. The first-order valence-electron chi connectivity index (χ1n) is 25.7. The zero-order valence-corrected chi connectivity index (χ0v) is 40.7. The Morgan fingerprint density at radius 2 is 1.02 bits per heavy atom. The molecular weight excluding hydrogens is 823 g/mol. The number of rotatable bonds is 44. The number of aliphatic hydroxyl groups is 4. The third-order valence-electron chi connectivity index (χ3n) is 12.2. The average Bonchev–Trinajstić information content (AvgIpc) is 3.25. The van der Waals surface area contributed by atoms with E-state index in [1.165, 1.54) is 161 Å². The van der Waals surface area contributed by atoms with Gasteiger partial charge in [0.05, 0.1) is 25.4 Å². The molecule has 12 nitrogen and oxygen atoms in total. The van der Waals surface area contributed by atoms with E-state index in [0.717, 1.165) is 44.9 Å². The number of amides is 1. The number of hydrogen-bond donors (Lipinski definition) is 6. The van der Waals surface area contributed by atoms with Crippen molar-refractivity contribution in [3.05, 3.63) is 24.3 Å². The van der Waals surface area contributed by atoms with Crippen molar-refractivity contribution in [3.63, 3.8) is 0 Å². The molecule has 1 saturated heterocycles. The molecule has 7 unspecified atom stereocenters. The summed E-state index contributed by atoms with van der Waals surface area (Å²) in [6, 6.07) is -0.944. The topological polar surface area (TPSA) is 192 Å². The Labute approximate surface area is 384 Å². The van der Waals surface area contributed by atoms with Gasteiger partial charge < -0.3 is 35.2 Å². The first-order valence-corrected chi connectivity index (χ1v) is 27.1. The highest BCUT2D eigenvalue weighted by Crippen LogP contribution is 2.26. The molecule has 1 aliphatic rings. The quantitative estimate of drug-likeness (QED) is 0.0194. The fraction of sp³-hybridized carbons (Fsp3) is 0.900. The second-order valence-electron chi connectivity index (χ2n) is 18.1. The van der Waals surface area contributed by atoms with Gasteiger partial charge in [0.1, 0.15) is 24.4 Å². The van der Waals surface area contributed by atoms with Crippen LogP contribution in [0.3, 0.4) is 0 Å².